The summed E-state index contributed by atoms with van der Waals surface area (Å²) >= 11 is 0. The van der Waals surface area contributed by atoms with Crippen molar-refractivity contribution in [3.63, 3.8) is 0 Å². The summed E-state index contributed by atoms with van der Waals surface area (Å²) in [5, 5.41) is 3.06. The number of ketones is 1. The molecule has 7 nitrogen and oxygen atoms in total. The van der Waals surface area contributed by atoms with Crippen LogP contribution in [-0.4, -0.2) is 64.2 Å². The topological polar surface area (TPSA) is 78.4 Å². The third-order valence-electron chi connectivity index (χ3n) is 4.55. The van der Waals surface area contributed by atoms with Crippen molar-refractivity contribution in [3.05, 3.63) is 47.8 Å². The Morgan fingerprint density at radius 1 is 1.00 bits per heavy atom. The number of Topliss-reactive ketones (excluding diaryl/α,β-unsaturated/α-hetero) is 1. The van der Waals surface area contributed by atoms with Gasteiger partial charge in [-0.15, -0.1) is 0 Å². The maximum absolute atomic E-state index is 12.5. The summed E-state index contributed by atoms with van der Waals surface area (Å²) in [7, 11) is 0. The van der Waals surface area contributed by atoms with Crippen LogP contribution in [0.25, 0.3) is 0 Å². The van der Waals surface area contributed by atoms with Crippen LogP contribution in [0.5, 0.6) is 0 Å². The Morgan fingerprint density at radius 3 is 2.15 bits per heavy atom. The van der Waals surface area contributed by atoms with Crippen molar-refractivity contribution in [3.8, 4) is 0 Å². The lowest BCUT2D eigenvalue weighted by atomic mass is 10.1. The molecule has 0 aliphatic carbocycles. The quantitative estimate of drug-likeness (QED) is 0.830. The number of amides is 1. The van der Waals surface area contributed by atoms with Crippen LogP contribution in [0.3, 0.4) is 0 Å². The Labute approximate surface area is 153 Å². The van der Waals surface area contributed by atoms with E-state index in [1.165, 1.54) is 6.92 Å². The molecule has 1 aromatic heterocycles. The summed E-state index contributed by atoms with van der Waals surface area (Å²) in [6.07, 6.45) is 3.10. The van der Waals surface area contributed by atoms with Crippen LogP contribution in [0.4, 0.5) is 11.6 Å². The van der Waals surface area contributed by atoms with Crippen LogP contribution >= 0.6 is 0 Å². The number of carbonyl (C=O) groups excluding carboxylic acids is 2. The highest BCUT2D eigenvalue weighted by Crippen LogP contribution is 2.15. The fourth-order valence-corrected chi connectivity index (χ4v) is 2.87. The van der Waals surface area contributed by atoms with Gasteiger partial charge in [0.05, 0.1) is 5.56 Å². The number of carbonyl (C=O) groups is 2. The van der Waals surface area contributed by atoms with E-state index in [0.717, 1.165) is 38.4 Å². The fraction of sp³-hybridized carbons (Fsp3) is 0.368. The molecular formula is C19H23N5O2. The largest absolute Gasteiger partial charge is 0.336 e. The molecule has 3 rings (SSSR count). The predicted octanol–water partition coefficient (Wildman–Crippen LogP) is 2.20. The van der Waals surface area contributed by atoms with Gasteiger partial charge >= 0.3 is 0 Å². The smallest absolute Gasteiger partial charge is 0.257 e. The summed E-state index contributed by atoms with van der Waals surface area (Å²) in [4.78, 5) is 36.5. The molecule has 2 heterocycles. The van der Waals surface area contributed by atoms with E-state index in [0.29, 0.717) is 17.1 Å². The molecule has 0 radical (unpaired) electrons. The number of hydrogen-bond acceptors (Lipinski definition) is 6. The minimum absolute atomic E-state index is 0.0236. The van der Waals surface area contributed by atoms with E-state index in [-0.39, 0.29) is 11.7 Å². The number of hydrogen-bond donors (Lipinski definition) is 1. The second-order valence-corrected chi connectivity index (χ2v) is 6.28. The van der Waals surface area contributed by atoms with Gasteiger partial charge in [-0.25, -0.2) is 9.97 Å². The summed E-state index contributed by atoms with van der Waals surface area (Å²) in [6, 6.07) is 7.09. The SMILES string of the molecule is CCN1CCN(C(=O)c2cnc(Nc3ccc(C(C)=O)cc3)nc2)CC1. The van der Waals surface area contributed by atoms with E-state index in [4.69, 9.17) is 0 Å². The minimum atomic E-state index is -0.0295. The zero-order valence-electron chi connectivity index (χ0n) is 15.1. The lowest BCUT2D eigenvalue weighted by Gasteiger charge is -2.33. The number of anilines is 2. The van der Waals surface area contributed by atoms with E-state index >= 15 is 0 Å². The molecule has 1 aliphatic rings. The molecule has 7 heteroatoms. The molecular weight excluding hydrogens is 330 g/mol. The molecule has 1 aliphatic heterocycles. The zero-order chi connectivity index (χ0) is 18.5. The Hall–Kier alpha value is -2.80. The van der Waals surface area contributed by atoms with Gasteiger partial charge in [-0.1, -0.05) is 6.92 Å². The van der Waals surface area contributed by atoms with Crippen LogP contribution in [0.1, 0.15) is 34.6 Å². The van der Waals surface area contributed by atoms with Crippen molar-refractivity contribution in [2.45, 2.75) is 13.8 Å². The highest BCUT2D eigenvalue weighted by atomic mass is 16.2. The maximum atomic E-state index is 12.5. The van der Waals surface area contributed by atoms with Crippen LogP contribution in [0.2, 0.25) is 0 Å². The molecule has 0 saturated carbocycles. The molecule has 1 aromatic carbocycles. The predicted molar refractivity (Wildman–Crippen MR) is 99.8 cm³/mol. The average Bonchev–Trinajstić information content (AvgIpc) is 2.68. The molecule has 0 bridgehead atoms. The number of piperazine rings is 1. The number of aromatic nitrogens is 2. The lowest BCUT2D eigenvalue weighted by Crippen LogP contribution is -2.48. The first-order valence-corrected chi connectivity index (χ1v) is 8.78. The molecule has 1 amide bonds. The van der Waals surface area contributed by atoms with Crippen LogP contribution in [-0.2, 0) is 0 Å². The molecule has 1 fully saturated rings. The van der Waals surface area contributed by atoms with Gasteiger partial charge in [0, 0.05) is 49.8 Å². The number of likely N-dealkylation sites (N-methyl/N-ethyl adjacent to an activating group) is 1. The molecule has 0 atom stereocenters. The molecule has 1 N–H and O–H groups in total. The van der Waals surface area contributed by atoms with E-state index < -0.39 is 0 Å². The maximum Gasteiger partial charge on any atom is 0.257 e. The highest BCUT2D eigenvalue weighted by molar-refractivity contribution is 5.94. The van der Waals surface area contributed by atoms with Gasteiger partial charge in [0.25, 0.3) is 5.91 Å². The Morgan fingerprint density at radius 2 is 1.62 bits per heavy atom. The van der Waals surface area contributed by atoms with Crippen LogP contribution in [0.15, 0.2) is 36.7 Å². The Kier molecular flexibility index (Phi) is 5.58. The minimum Gasteiger partial charge on any atom is -0.336 e. The molecule has 26 heavy (non-hydrogen) atoms. The Balaban J connectivity index is 1.61. The first kappa shape index (κ1) is 18.0. The van der Waals surface area contributed by atoms with Crippen molar-refractivity contribution >= 4 is 23.3 Å². The van der Waals surface area contributed by atoms with Crippen molar-refractivity contribution in [2.24, 2.45) is 0 Å². The van der Waals surface area contributed by atoms with Gasteiger partial charge in [0.15, 0.2) is 5.78 Å². The van der Waals surface area contributed by atoms with Crippen molar-refractivity contribution in [2.75, 3.05) is 38.0 Å². The first-order valence-electron chi connectivity index (χ1n) is 8.78. The van der Waals surface area contributed by atoms with E-state index in [1.54, 1.807) is 36.7 Å². The summed E-state index contributed by atoms with van der Waals surface area (Å²) < 4.78 is 0. The molecule has 0 spiro atoms. The van der Waals surface area contributed by atoms with Crippen molar-refractivity contribution in [1.29, 1.82) is 0 Å². The molecule has 2 aromatic rings. The second kappa shape index (κ2) is 8.05. The first-order chi connectivity index (χ1) is 12.6. The van der Waals surface area contributed by atoms with Gasteiger partial charge < -0.3 is 15.1 Å². The van der Waals surface area contributed by atoms with Crippen molar-refractivity contribution in [1.82, 2.24) is 19.8 Å². The monoisotopic (exact) mass is 353 g/mol. The van der Waals surface area contributed by atoms with Crippen LogP contribution in [0, 0.1) is 0 Å². The standard InChI is InChI=1S/C19H23N5O2/c1-3-23-8-10-24(11-9-23)18(26)16-12-20-19(21-13-16)22-17-6-4-15(5-7-17)14(2)25/h4-7,12-13H,3,8-11H2,1-2H3,(H,20,21,22). The normalized spacial score (nSPS) is 14.9. The molecule has 0 unspecified atom stereocenters. The van der Waals surface area contributed by atoms with Crippen molar-refractivity contribution < 1.29 is 9.59 Å². The molecule has 136 valence electrons. The fourth-order valence-electron chi connectivity index (χ4n) is 2.87. The van der Waals surface area contributed by atoms with Gasteiger partial charge in [-0.05, 0) is 37.7 Å². The van der Waals surface area contributed by atoms with Crippen LogP contribution < -0.4 is 5.32 Å². The number of rotatable bonds is 5. The van der Waals surface area contributed by atoms with Gasteiger partial charge in [-0.3, -0.25) is 9.59 Å². The number of benzene rings is 1. The zero-order valence-corrected chi connectivity index (χ0v) is 15.1. The summed E-state index contributed by atoms with van der Waals surface area (Å²) in [6.45, 7) is 7.94. The van der Waals surface area contributed by atoms with Gasteiger partial charge in [-0.2, -0.15) is 0 Å². The van der Waals surface area contributed by atoms with E-state index in [1.807, 2.05) is 4.90 Å². The number of nitrogens with one attached hydrogen (secondary N) is 1. The van der Waals surface area contributed by atoms with Gasteiger partial charge in [0.1, 0.15) is 0 Å². The third kappa shape index (κ3) is 4.23. The third-order valence-corrected chi connectivity index (χ3v) is 4.55. The number of nitrogens with zero attached hydrogens (tertiary/aromatic N) is 4. The average molecular weight is 353 g/mol. The second-order valence-electron chi connectivity index (χ2n) is 6.28. The highest BCUT2D eigenvalue weighted by Gasteiger charge is 2.21. The van der Waals surface area contributed by atoms with E-state index in [2.05, 4.69) is 27.1 Å². The lowest BCUT2D eigenvalue weighted by molar-refractivity contribution is 0.0642. The summed E-state index contributed by atoms with van der Waals surface area (Å²) in [5.74, 6) is 0.404. The van der Waals surface area contributed by atoms with E-state index in [9.17, 15) is 9.59 Å². The van der Waals surface area contributed by atoms with Gasteiger partial charge in [0.2, 0.25) is 5.95 Å². The molecule has 1 saturated heterocycles. The summed E-state index contributed by atoms with van der Waals surface area (Å²) in [5.41, 5.74) is 1.93. The Bertz CT molecular complexity index is 766.